The normalized spacial score (nSPS) is 12.6. The molecule has 0 amide bonds. The van der Waals surface area contributed by atoms with Crippen LogP contribution in [0, 0.1) is 0 Å². The second-order valence-corrected chi connectivity index (χ2v) is 29.1. The van der Waals surface area contributed by atoms with Crippen LogP contribution < -0.4 is 9.80 Å². The molecular weight excluding hydrogens is 1230 g/mol. The standard InChI is InChI=1S/C95H62N2S2/c1-95(2)86-54-47-63(57-85(86)81-38-18-37-72(93(81)95)60-45-48-64(49-46-60)96(87-40-20-44-91-92(87)83-35-12-14-43-90(83)98-91)65-25-15-23-61(55-65)69-36-17-22-59-21-3-4-27-68(59)69)71-53-52-70(73-28-5-6-29-74(71)73)62-24-16-26-66(56-62)97(88-41-19-39-82-80-34-11-13-42-89(80)99-94(82)88)67-50-51-79-77-32-8-7-30-75(77)76-31-9-10-33-78(76)84(79)58-67/h3-58H,1-2H3. The lowest BCUT2D eigenvalue weighted by molar-refractivity contribution is 0.662. The van der Waals surface area contributed by atoms with Gasteiger partial charge in [0.15, 0.2) is 0 Å². The highest BCUT2D eigenvalue weighted by Crippen LogP contribution is 2.55. The number of hydrogen-bond donors (Lipinski definition) is 0. The third-order valence-electron chi connectivity index (χ3n) is 21.2. The van der Waals surface area contributed by atoms with E-state index in [1.54, 1.807) is 0 Å². The number of hydrogen-bond acceptors (Lipinski definition) is 4. The molecule has 4 heteroatoms. The lowest BCUT2D eigenvalue weighted by atomic mass is 9.78. The van der Waals surface area contributed by atoms with E-state index < -0.39 is 0 Å². The van der Waals surface area contributed by atoms with Gasteiger partial charge in [0.05, 0.1) is 16.1 Å². The first-order chi connectivity index (χ1) is 48.9. The van der Waals surface area contributed by atoms with E-state index in [4.69, 9.17) is 0 Å². The highest BCUT2D eigenvalue weighted by molar-refractivity contribution is 7.26. The average molecular weight is 1300 g/mol. The molecule has 99 heavy (non-hydrogen) atoms. The van der Waals surface area contributed by atoms with Crippen molar-refractivity contribution in [2.75, 3.05) is 9.80 Å². The van der Waals surface area contributed by atoms with Gasteiger partial charge in [0.2, 0.25) is 0 Å². The molecule has 2 aromatic heterocycles. The lowest BCUT2D eigenvalue weighted by Gasteiger charge is -2.28. The number of nitrogens with zero attached hydrogens (tertiary/aromatic N) is 2. The van der Waals surface area contributed by atoms with E-state index in [2.05, 4.69) is 363 Å². The molecule has 0 bridgehead atoms. The average Bonchev–Trinajstić information content (AvgIpc) is 1.67. The Morgan fingerprint density at radius 1 is 0.242 bits per heavy atom. The molecule has 0 aliphatic heterocycles. The van der Waals surface area contributed by atoms with Gasteiger partial charge in [0.25, 0.3) is 0 Å². The first-order valence-electron chi connectivity index (χ1n) is 34.2. The van der Waals surface area contributed by atoms with E-state index >= 15 is 0 Å². The topological polar surface area (TPSA) is 6.48 Å². The maximum atomic E-state index is 2.50. The molecule has 464 valence electrons. The van der Waals surface area contributed by atoms with Crippen molar-refractivity contribution in [2.45, 2.75) is 19.3 Å². The Labute approximate surface area is 582 Å². The van der Waals surface area contributed by atoms with Gasteiger partial charge in [-0.2, -0.15) is 0 Å². The molecule has 0 saturated heterocycles. The second kappa shape index (κ2) is 22.6. The molecule has 2 nitrogen and oxygen atoms in total. The smallest absolute Gasteiger partial charge is 0.0640 e. The van der Waals surface area contributed by atoms with Crippen molar-refractivity contribution in [1.82, 2.24) is 0 Å². The Balaban J connectivity index is 0.675. The van der Waals surface area contributed by atoms with Crippen LogP contribution in [0.3, 0.4) is 0 Å². The number of anilines is 6. The second-order valence-electron chi connectivity index (χ2n) is 27.0. The molecule has 0 radical (unpaired) electrons. The summed E-state index contributed by atoms with van der Waals surface area (Å²) >= 11 is 3.74. The van der Waals surface area contributed by atoms with E-state index in [-0.39, 0.29) is 5.41 Å². The number of thiophene rings is 2. The Morgan fingerprint density at radius 3 is 1.40 bits per heavy atom. The largest absolute Gasteiger partial charge is 0.310 e. The van der Waals surface area contributed by atoms with Crippen molar-refractivity contribution >= 4 is 151 Å². The highest BCUT2D eigenvalue weighted by Gasteiger charge is 2.38. The van der Waals surface area contributed by atoms with Crippen molar-refractivity contribution in [3.05, 3.63) is 351 Å². The minimum absolute atomic E-state index is 0.259. The predicted octanol–water partition coefficient (Wildman–Crippen LogP) is 28.1. The third-order valence-corrected chi connectivity index (χ3v) is 23.5. The molecule has 1 aliphatic rings. The fourth-order valence-corrected chi connectivity index (χ4v) is 19.1. The summed E-state index contributed by atoms with van der Waals surface area (Å²) in [6.45, 7) is 4.83. The van der Waals surface area contributed by atoms with Crippen molar-refractivity contribution in [3.8, 4) is 55.6 Å². The van der Waals surface area contributed by atoms with Crippen LogP contribution in [0.2, 0.25) is 0 Å². The molecule has 20 rings (SSSR count). The first kappa shape index (κ1) is 57.3. The minimum Gasteiger partial charge on any atom is -0.310 e. The summed E-state index contributed by atoms with van der Waals surface area (Å²) in [5.74, 6) is 0. The third kappa shape index (κ3) is 9.07. The van der Waals surface area contributed by atoms with Crippen molar-refractivity contribution in [2.24, 2.45) is 0 Å². The summed E-state index contributed by atoms with van der Waals surface area (Å²) in [4.78, 5) is 4.98. The molecule has 0 atom stereocenters. The van der Waals surface area contributed by atoms with Crippen LogP contribution in [-0.2, 0) is 5.41 Å². The summed E-state index contributed by atoms with van der Waals surface area (Å²) in [6, 6.07) is 127. The molecule has 0 fully saturated rings. The van der Waals surface area contributed by atoms with Gasteiger partial charge in [-0.1, -0.05) is 269 Å². The lowest BCUT2D eigenvalue weighted by Crippen LogP contribution is -2.16. The van der Waals surface area contributed by atoms with Gasteiger partial charge in [0.1, 0.15) is 0 Å². The van der Waals surface area contributed by atoms with Gasteiger partial charge in [-0.15, -0.1) is 22.7 Å². The summed E-state index contributed by atoms with van der Waals surface area (Å²) in [5.41, 5.74) is 21.5. The van der Waals surface area contributed by atoms with Gasteiger partial charge in [0, 0.05) is 63.8 Å². The maximum absolute atomic E-state index is 2.50. The van der Waals surface area contributed by atoms with Crippen molar-refractivity contribution in [1.29, 1.82) is 0 Å². The fraction of sp³-hybridized carbons (Fsp3) is 0.0316. The van der Waals surface area contributed by atoms with Gasteiger partial charge in [-0.25, -0.2) is 0 Å². The Kier molecular flexibility index (Phi) is 13.1. The first-order valence-corrected chi connectivity index (χ1v) is 35.8. The van der Waals surface area contributed by atoms with Crippen LogP contribution >= 0.6 is 22.7 Å². The highest BCUT2D eigenvalue weighted by atomic mass is 32.1. The van der Waals surface area contributed by atoms with Crippen LogP contribution in [0.5, 0.6) is 0 Å². The molecule has 17 aromatic carbocycles. The van der Waals surface area contributed by atoms with Crippen LogP contribution in [0.1, 0.15) is 25.0 Å². The van der Waals surface area contributed by atoms with Gasteiger partial charge in [-0.05, 0) is 206 Å². The van der Waals surface area contributed by atoms with E-state index in [1.165, 1.54) is 161 Å². The Hall–Kier alpha value is -11.9. The van der Waals surface area contributed by atoms with Crippen molar-refractivity contribution < 1.29 is 0 Å². The Morgan fingerprint density at radius 2 is 0.697 bits per heavy atom. The molecule has 0 saturated carbocycles. The quantitative estimate of drug-likeness (QED) is 0.126. The van der Waals surface area contributed by atoms with Gasteiger partial charge in [-0.3, -0.25) is 0 Å². The predicted molar refractivity (Wildman–Crippen MR) is 428 cm³/mol. The molecule has 1 aliphatic carbocycles. The minimum atomic E-state index is -0.259. The van der Waals surface area contributed by atoms with E-state index in [0.717, 1.165) is 34.1 Å². The van der Waals surface area contributed by atoms with Crippen LogP contribution in [0.15, 0.2) is 340 Å². The molecule has 0 N–H and O–H groups in total. The fourth-order valence-electron chi connectivity index (χ4n) is 16.7. The molecule has 2 heterocycles. The van der Waals surface area contributed by atoms with Gasteiger partial charge >= 0.3 is 0 Å². The zero-order valence-corrected chi connectivity index (χ0v) is 56.2. The Bertz CT molecular complexity index is 6500. The van der Waals surface area contributed by atoms with E-state index in [9.17, 15) is 0 Å². The number of fused-ring (bicyclic) bond motifs is 17. The summed E-state index contributed by atoms with van der Waals surface area (Å²) in [5, 5.41) is 17.6. The molecule has 0 unspecified atom stereocenters. The summed E-state index contributed by atoms with van der Waals surface area (Å²) < 4.78 is 5.12. The monoisotopic (exact) mass is 1290 g/mol. The zero-order valence-electron chi connectivity index (χ0n) is 54.5. The zero-order chi connectivity index (χ0) is 65.5. The molecular formula is C95H62N2S2. The van der Waals surface area contributed by atoms with E-state index in [0.29, 0.717) is 0 Å². The maximum Gasteiger partial charge on any atom is 0.0640 e. The van der Waals surface area contributed by atoms with Crippen LogP contribution in [-0.4, -0.2) is 0 Å². The summed E-state index contributed by atoms with van der Waals surface area (Å²) in [6.07, 6.45) is 0. The van der Waals surface area contributed by atoms with Crippen LogP contribution in [0.25, 0.3) is 150 Å². The van der Waals surface area contributed by atoms with E-state index in [1.807, 2.05) is 22.7 Å². The SMILES string of the molecule is CC1(C)c2ccc(-c3ccc(-c4cccc(N(c5ccc6c7ccccc7c7ccccc7c6c5)c5cccc6c5sc5ccccc56)c4)c4ccccc34)cc2-c2cccc(-c3ccc(N(c4cccc(-c5cccc6ccccc56)c4)c4cccc5sc6ccccc6c45)cc3)c21. The molecule has 19 aromatic rings. The number of rotatable bonds is 10. The summed E-state index contributed by atoms with van der Waals surface area (Å²) in [7, 11) is 0. The molecule has 0 spiro atoms. The van der Waals surface area contributed by atoms with Gasteiger partial charge < -0.3 is 9.80 Å². The number of benzene rings is 17. The van der Waals surface area contributed by atoms with Crippen LogP contribution in [0.4, 0.5) is 34.1 Å². The van der Waals surface area contributed by atoms with Crippen molar-refractivity contribution in [3.63, 3.8) is 0 Å².